The van der Waals surface area contributed by atoms with Crippen LogP contribution in [0.15, 0.2) is 41.3 Å². The number of carbonyl (C=O) groups excluding carboxylic acids is 2. The summed E-state index contributed by atoms with van der Waals surface area (Å²) >= 11 is 0. The van der Waals surface area contributed by atoms with Crippen molar-refractivity contribution in [3.05, 3.63) is 58.3 Å². The lowest BCUT2D eigenvalue weighted by Crippen LogP contribution is -2.62. The Morgan fingerprint density at radius 3 is 2.41 bits per heavy atom. The molecule has 1 atom stereocenters. The Balaban J connectivity index is 1.40. The predicted octanol–water partition coefficient (Wildman–Crippen LogP) is 5.24. The van der Waals surface area contributed by atoms with E-state index in [2.05, 4.69) is 0 Å². The van der Waals surface area contributed by atoms with E-state index in [-0.39, 0.29) is 35.0 Å². The molecular weight excluding hydrogens is 521 g/mol. The van der Waals surface area contributed by atoms with Crippen LogP contribution in [0, 0.1) is 17.2 Å². The number of halogens is 1. The van der Waals surface area contributed by atoms with Crippen LogP contribution in [0.3, 0.4) is 0 Å². The molecule has 1 unspecified atom stereocenters. The summed E-state index contributed by atoms with van der Waals surface area (Å²) < 4.78 is 16.2. The predicted molar refractivity (Wildman–Crippen MR) is 157 cm³/mol. The van der Waals surface area contributed by atoms with Gasteiger partial charge in [0.25, 0.3) is 11.5 Å². The van der Waals surface area contributed by atoms with Crippen molar-refractivity contribution >= 4 is 11.8 Å². The number of carbonyl (C=O) groups is 2. The molecule has 1 aromatic carbocycles. The molecule has 0 radical (unpaired) electrons. The molecule has 1 aromatic heterocycles. The molecule has 7 nitrogen and oxygen atoms in total. The van der Waals surface area contributed by atoms with E-state index in [1.807, 2.05) is 4.90 Å². The lowest BCUT2D eigenvalue weighted by molar-refractivity contribution is -0.160. The highest BCUT2D eigenvalue weighted by molar-refractivity contribution is 6.00. The molecule has 8 heteroatoms. The first-order valence-corrected chi connectivity index (χ1v) is 15.3. The highest BCUT2D eigenvalue weighted by atomic mass is 19.1. The Hall–Kier alpha value is -3.00. The van der Waals surface area contributed by atoms with Crippen LogP contribution in [0.4, 0.5) is 4.39 Å². The molecule has 3 fully saturated rings. The summed E-state index contributed by atoms with van der Waals surface area (Å²) in [6.45, 7) is 0.979. The van der Waals surface area contributed by atoms with E-state index >= 15 is 0 Å². The number of benzene rings is 1. The standard InChI is InChI=1S/C33H44FN3O4/c1-35(2)31(40)27-21-37(30(39)20-26(27)25-12-6-7-13-28(25)34)23-33(41)18-19-36(22-32(33)16-8-9-17-32)29(38)15-14-24-10-4-3-5-11-24/h6-7,12-13,20-21,24,41H,3-5,8-11,14-19,22-23H2,1-2H3. The molecule has 5 rings (SSSR count). The average molecular weight is 566 g/mol. The number of hydrogen-bond donors (Lipinski definition) is 1. The molecular formula is C33H44FN3O4. The van der Waals surface area contributed by atoms with Gasteiger partial charge in [-0.2, -0.15) is 0 Å². The van der Waals surface area contributed by atoms with Gasteiger partial charge in [-0.15, -0.1) is 0 Å². The fourth-order valence-corrected chi connectivity index (χ4v) is 7.57. The Morgan fingerprint density at radius 2 is 1.73 bits per heavy atom. The van der Waals surface area contributed by atoms with Crippen LogP contribution in [0.5, 0.6) is 0 Å². The molecule has 2 aromatic rings. The maximum atomic E-state index is 14.7. The van der Waals surface area contributed by atoms with Crippen molar-refractivity contribution in [2.24, 2.45) is 11.3 Å². The smallest absolute Gasteiger partial charge is 0.255 e. The highest BCUT2D eigenvalue weighted by Crippen LogP contribution is 2.51. The third-order valence-electron chi connectivity index (χ3n) is 10.0. The van der Waals surface area contributed by atoms with E-state index < -0.39 is 22.4 Å². The van der Waals surface area contributed by atoms with Gasteiger partial charge in [0.15, 0.2) is 0 Å². The largest absolute Gasteiger partial charge is 0.387 e. The second kappa shape index (κ2) is 12.1. The normalized spacial score (nSPS) is 22.7. The molecule has 2 saturated carbocycles. The molecule has 1 saturated heterocycles. The number of likely N-dealkylation sites (tertiary alicyclic amines) is 1. The van der Waals surface area contributed by atoms with Crippen molar-refractivity contribution in [1.29, 1.82) is 0 Å². The third-order valence-corrected chi connectivity index (χ3v) is 10.0. The van der Waals surface area contributed by atoms with Gasteiger partial charge in [0.2, 0.25) is 5.91 Å². The van der Waals surface area contributed by atoms with Crippen LogP contribution in [0.2, 0.25) is 0 Å². The maximum Gasteiger partial charge on any atom is 0.255 e. The van der Waals surface area contributed by atoms with Gasteiger partial charge in [0, 0.05) is 62.4 Å². The zero-order valence-corrected chi connectivity index (χ0v) is 24.5. The number of aromatic nitrogens is 1. The molecule has 222 valence electrons. The fourth-order valence-electron chi connectivity index (χ4n) is 7.57. The number of hydrogen-bond acceptors (Lipinski definition) is 4. The second-order valence-corrected chi connectivity index (χ2v) is 12.9. The van der Waals surface area contributed by atoms with Crippen molar-refractivity contribution < 1.29 is 19.1 Å². The summed E-state index contributed by atoms with van der Waals surface area (Å²) in [4.78, 5) is 43.3. The topological polar surface area (TPSA) is 82.8 Å². The Kier molecular flexibility index (Phi) is 8.69. The van der Waals surface area contributed by atoms with E-state index in [1.54, 1.807) is 32.3 Å². The summed E-state index contributed by atoms with van der Waals surface area (Å²) in [5.41, 5.74) is -1.46. The van der Waals surface area contributed by atoms with Crippen molar-refractivity contribution in [1.82, 2.24) is 14.4 Å². The van der Waals surface area contributed by atoms with Crippen LogP contribution in [0.1, 0.15) is 87.4 Å². The number of amides is 2. The van der Waals surface area contributed by atoms with Crippen LogP contribution in [-0.4, -0.2) is 64.1 Å². The van der Waals surface area contributed by atoms with Gasteiger partial charge < -0.3 is 19.5 Å². The number of aliphatic hydroxyl groups is 1. The van der Waals surface area contributed by atoms with Gasteiger partial charge in [0.1, 0.15) is 5.82 Å². The summed E-state index contributed by atoms with van der Waals surface area (Å²) in [6.07, 6.45) is 13.2. The molecule has 3 aliphatic rings. The zero-order chi connectivity index (χ0) is 29.2. The number of pyridine rings is 1. The first-order chi connectivity index (χ1) is 19.6. The Labute approximate surface area is 242 Å². The number of nitrogens with zero attached hydrogens (tertiary/aromatic N) is 3. The fraction of sp³-hybridized carbons (Fsp3) is 0.606. The van der Waals surface area contributed by atoms with Crippen LogP contribution < -0.4 is 5.56 Å². The van der Waals surface area contributed by atoms with Gasteiger partial charge in [-0.05, 0) is 37.7 Å². The van der Waals surface area contributed by atoms with E-state index in [0.29, 0.717) is 31.8 Å². The lowest BCUT2D eigenvalue weighted by Gasteiger charge is -2.52. The molecule has 41 heavy (non-hydrogen) atoms. The minimum Gasteiger partial charge on any atom is -0.387 e. The van der Waals surface area contributed by atoms with Gasteiger partial charge in [-0.25, -0.2) is 4.39 Å². The van der Waals surface area contributed by atoms with Crippen molar-refractivity contribution in [3.63, 3.8) is 0 Å². The molecule has 2 amide bonds. The second-order valence-electron chi connectivity index (χ2n) is 12.9. The average Bonchev–Trinajstić information content (AvgIpc) is 3.44. The Bertz CT molecular complexity index is 1330. The molecule has 1 N–H and O–H groups in total. The minimum atomic E-state index is -1.20. The lowest BCUT2D eigenvalue weighted by atomic mass is 9.65. The van der Waals surface area contributed by atoms with Gasteiger partial charge in [0.05, 0.1) is 17.7 Å². The monoisotopic (exact) mass is 565 g/mol. The highest BCUT2D eigenvalue weighted by Gasteiger charge is 2.55. The molecule has 0 bridgehead atoms. The summed E-state index contributed by atoms with van der Waals surface area (Å²) in [5.74, 6) is -0.0400. The summed E-state index contributed by atoms with van der Waals surface area (Å²) in [5, 5.41) is 12.2. The first-order valence-electron chi connectivity index (χ1n) is 15.3. The molecule has 1 spiro atoms. The van der Waals surface area contributed by atoms with Crippen molar-refractivity contribution in [2.45, 2.75) is 89.2 Å². The third kappa shape index (κ3) is 5.99. The molecule has 2 heterocycles. The first kappa shape index (κ1) is 29.5. The van der Waals surface area contributed by atoms with E-state index in [0.717, 1.165) is 32.1 Å². The van der Waals surface area contributed by atoms with E-state index in [9.17, 15) is 23.9 Å². The molecule has 1 aliphatic heterocycles. The van der Waals surface area contributed by atoms with Crippen LogP contribution >= 0.6 is 0 Å². The Morgan fingerprint density at radius 1 is 1.02 bits per heavy atom. The van der Waals surface area contributed by atoms with Gasteiger partial charge in [-0.1, -0.05) is 63.1 Å². The number of rotatable bonds is 7. The van der Waals surface area contributed by atoms with Crippen LogP contribution in [0.25, 0.3) is 11.1 Å². The van der Waals surface area contributed by atoms with E-state index in [1.165, 1.54) is 59.9 Å². The minimum absolute atomic E-state index is 0.0290. The zero-order valence-electron chi connectivity index (χ0n) is 24.5. The summed E-state index contributed by atoms with van der Waals surface area (Å²) in [6, 6.07) is 7.41. The van der Waals surface area contributed by atoms with Crippen molar-refractivity contribution in [3.8, 4) is 11.1 Å². The van der Waals surface area contributed by atoms with Crippen molar-refractivity contribution in [2.75, 3.05) is 27.2 Å². The number of piperidine rings is 1. The van der Waals surface area contributed by atoms with E-state index in [4.69, 9.17) is 0 Å². The molecule has 2 aliphatic carbocycles. The van der Waals surface area contributed by atoms with Gasteiger partial charge in [-0.3, -0.25) is 14.4 Å². The van der Waals surface area contributed by atoms with Crippen LogP contribution in [-0.2, 0) is 11.3 Å². The quantitative estimate of drug-likeness (QED) is 0.498. The SMILES string of the molecule is CN(C)C(=O)c1cn(CC2(O)CCN(C(=O)CCC3CCCCC3)CC23CCCC3)c(=O)cc1-c1ccccc1F. The maximum absolute atomic E-state index is 14.7. The summed E-state index contributed by atoms with van der Waals surface area (Å²) in [7, 11) is 3.23. The van der Waals surface area contributed by atoms with Gasteiger partial charge >= 0.3 is 0 Å².